The first kappa shape index (κ1) is 17.5. The van der Waals surface area contributed by atoms with E-state index in [1.807, 2.05) is 0 Å². The number of hydrogen-bond donors (Lipinski definition) is 0. The first-order valence-corrected chi connectivity index (χ1v) is 10.5. The fraction of sp³-hybridized carbons (Fsp3) is 0.111. The largest absolute Gasteiger partial charge is 0.0622 e. The number of aryl methyl sites for hydroxylation is 1. The SMILES string of the molecule is Cc1ccc2c(c1)=C(c1ccccc1)C1=CC=C(Br)CC1C=2c1ccccc1. The van der Waals surface area contributed by atoms with Crippen LogP contribution in [-0.2, 0) is 0 Å². The van der Waals surface area contributed by atoms with Crippen LogP contribution in [0, 0.1) is 12.8 Å². The van der Waals surface area contributed by atoms with Crippen LogP contribution in [0.1, 0.15) is 23.1 Å². The Balaban J connectivity index is 1.97. The van der Waals surface area contributed by atoms with Crippen molar-refractivity contribution < 1.29 is 0 Å². The molecule has 1 unspecified atom stereocenters. The highest BCUT2D eigenvalue weighted by Gasteiger charge is 2.30. The van der Waals surface area contributed by atoms with E-state index in [0.29, 0.717) is 5.92 Å². The van der Waals surface area contributed by atoms with Gasteiger partial charge in [0.1, 0.15) is 0 Å². The number of allylic oxidation sites excluding steroid dienone is 4. The maximum Gasteiger partial charge on any atom is 0.0153 e. The van der Waals surface area contributed by atoms with E-state index in [1.165, 1.54) is 48.3 Å². The van der Waals surface area contributed by atoms with Crippen molar-refractivity contribution in [1.29, 1.82) is 0 Å². The molecule has 1 heteroatoms. The van der Waals surface area contributed by atoms with Crippen LogP contribution < -0.4 is 10.4 Å². The summed E-state index contributed by atoms with van der Waals surface area (Å²) in [6.07, 6.45) is 5.53. The summed E-state index contributed by atoms with van der Waals surface area (Å²) in [6, 6.07) is 28.6. The molecule has 0 fully saturated rings. The molecule has 0 heterocycles. The highest BCUT2D eigenvalue weighted by molar-refractivity contribution is 9.11. The van der Waals surface area contributed by atoms with Gasteiger partial charge in [-0.1, -0.05) is 113 Å². The van der Waals surface area contributed by atoms with Gasteiger partial charge in [0.2, 0.25) is 0 Å². The minimum Gasteiger partial charge on any atom is -0.0622 e. The van der Waals surface area contributed by atoms with E-state index in [2.05, 4.69) is 114 Å². The number of fused-ring (bicyclic) bond motifs is 2. The summed E-state index contributed by atoms with van der Waals surface area (Å²) in [5, 5.41) is 2.71. The summed E-state index contributed by atoms with van der Waals surface area (Å²) < 4.78 is 1.26. The molecule has 2 aliphatic carbocycles. The van der Waals surface area contributed by atoms with E-state index < -0.39 is 0 Å². The first-order chi connectivity index (χ1) is 13.7. The monoisotopic (exact) mass is 424 g/mol. The molecule has 3 aromatic carbocycles. The number of rotatable bonds is 2. The quantitative estimate of drug-likeness (QED) is 0.499. The average molecular weight is 425 g/mol. The van der Waals surface area contributed by atoms with Gasteiger partial charge in [-0.3, -0.25) is 0 Å². The predicted octanol–water partition coefficient (Wildman–Crippen LogP) is 5.63. The third kappa shape index (κ3) is 2.91. The van der Waals surface area contributed by atoms with Crippen molar-refractivity contribution in [3.8, 4) is 0 Å². The molecule has 0 radical (unpaired) electrons. The Labute approximate surface area is 174 Å². The maximum atomic E-state index is 3.77. The summed E-state index contributed by atoms with van der Waals surface area (Å²) in [4.78, 5) is 0. The molecule has 0 saturated heterocycles. The second-order valence-corrected chi connectivity index (χ2v) is 8.58. The number of halogens is 1. The summed E-state index contributed by atoms with van der Waals surface area (Å²) in [7, 11) is 0. The van der Waals surface area contributed by atoms with Crippen LogP contribution in [0.4, 0.5) is 0 Å². The minimum atomic E-state index is 0.354. The Hall–Kier alpha value is -2.64. The standard InChI is InChI=1S/C27H21Br/c1-18-12-14-22-24(16-18)26(19-8-4-2-5-9-19)23-15-13-21(28)17-25(23)27(22)20-10-6-3-7-11-20/h2-16,25H,17H2,1H3. The van der Waals surface area contributed by atoms with Gasteiger partial charge < -0.3 is 0 Å². The van der Waals surface area contributed by atoms with Crippen molar-refractivity contribution in [2.75, 3.05) is 0 Å². The summed E-state index contributed by atoms with van der Waals surface area (Å²) in [5.41, 5.74) is 8.14. The van der Waals surface area contributed by atoms with Crippen LogP contribution in [0.25, 0.3) is 11.1 Å². The zero-order valence-corrected chi connectivity index (χ0v) is 17.4. The molecule has 136 valence electrons. The summed E-state index contributed by atoms with van der Waals surface area (Å²) in [6.45, 7) is 2.18. The van der Waals surface area contributed by atoms with E-state index in [-0.39, 0.29) is 0 Å². The van der Waals surface area contributed by atoms with Crippen LogP contribution in [0.2, 0.25) is 0 Å². The van der Waals surface area contributed by atoms with Crippen molar-refractivity contribution in [2.24, 2.45) is 5.92 Å². The smallest absolute Gasteiger partial charge is 0.0153 e. The average Bonchev–Trinajstić information content (AvgIpc) is 2.73. The van der Waals surface area contributed by atoms with Crippen LogP contribution >= 0.6 is 15.9 Å². The Morgan fingerprint density at radius 2 is 1.43 bits per heavy atom. The second kappa shape index (κ2) is 7.07. The lowest BCUT2D eigenvalue weighted by molar-refractivity contribution is 0.791. The first-order valence-electron chi connectivity index (χ1n) is 9.75. The summed E-state index contributed by atoms with van der Waals surface area (Å²) >= 11 is 3.77. The topological polar surface area (TPSA) is 0 Å². The molecular weight excluding hydrogens is 404 g/mol. The molecule has 0 aromatic heterocycles. The van der Waals surface area contributed by atoms with Gasteiger partial charge in [0.15, 0.2) is 0 Å². The Bertz CT molecular complexity index is 1230. The fourth-order valence-electron chi connectivity index (χ4n) is 4.53. The van der Waals surface area contributed by atoms with Crippen LogP contribution in [0.3, 0.4) is 0 Å². The molecule has 2 aliphatic rings. The lowest BCUT2D eigenvalue weighted by Gasteiger charge is -2.32. The maximum absolute atomic E-state index is 3.77. The predicted molar refractivity (Wildman–Crippen MR) is 122 cm³/mol. The molecule has 1 atom stereocenters. The summed E-state index contributed by atoms with van der Waals surface area (Å²) in [5.74, 6) is 0.354. The Kier molecular flexibility index (Phi) is 4.41. The molecule has 28 heavy (non-hydrogen) atoms. The van der Waals surface area contributed by atoms with Gasteiger partial charge in [0.25, 0.3) is 0 Å². The molecule has 0 N–H and O–H groups in total. The normalized spacial score (nSPS) is 18.1. The van der Waals surface area contributed by atoms with Gasteiger partial charge in [-0.05, 0) is 56.1 Å². The second-order valence-electron chi connectivity index (χ2n) is 7.56. The van der Waals surface area contributed by atoms with Crippen LogP contribution in [0.5, 0.6) is 0 Å². The van der Waals surface area contributed by atoms with Gasteiger partial charge in [0, 0.05) is 5.92 Å². The lowest BCUT2D eigenvalue weighted by Crippen LogP contribution is -2.38. The van der Waals surface area contributed by atoms with Crippen molar-refractivity contribution in [3.05, 3.63) is 128 Å². The van der Waals surface area contributed by atoms with Crippen LogP contribution in [0.15, 0.2) is 101 Å². The molecule has 3 aromatic rings. The van der Waals surface area contributed by atoms with Gasteiger partial charge in [-0.25, -0.2) is 0 Å². The van der Waals surface area contributed by atoms with E-state index in [1.54, 1.807) is 0 Å². The molecule has 5 rings (SSSR count). The Morgan fingerprint density at radius 3 is 2.14 bits per heavy atom. The van der Waals surface area contributed by atoms with Crippen molar-refractivity contribution in [1.82, 2.24) is 0 Å². The van der Waals surface area contributed by atoms with E-state index in [4.69, 9.17) is 0 Å². The molecule has 0 saturated carbocycles. The molecular formula is C27H21Br. The third-order valence-electron chi connectivity index (χ3n) is 5.74. The fourth-order valence-corrected chi connectivity index (χ4v) is 4.98. The van der Waals surface area contributed by atoms with Crippen molar-refractivity contribution in [2.45, 2.75) is 13.3 Å². The molecule has 0 amide bonds. The van der Waals surface area contributed by atoms with E-state index in [9.17, 15) is 0 Å². The molecule has 0 nitrogen and oxygen atoms in total. The third-order valence-corrected chi connectivity index (χ3v) is 6.33. The van der Waals surface area contributed by atoms with Crippen molar-refractivity contribution >= 4 is 27.1 Å². The zero-order valence-electron chi connectivity index (χ0n) is 15.8. The van der Waals surface area contributed by atoms with E-state index >= 15 is 0 Å². The number of hydrogen-bond acceptors (Lipinski definition) is 0. The highest BCUT2D eigenvalue weighted by Crippen LogP contribution is 2.43. The minimum absolute atomic E-state index is 0.354. The van der Waals surface area contributed by atoms with Crippen molar-refractivity contribution in [3.63, 3.8) is 0 Å². The van der Waals surface area contributed by atoms with Gasteiger partial charge in [0.05, 0.1) is 0 Å². The Morgan fingerprint density at radius 1 is 0.750 bits per heavy atom. The van der Waals surface area contributed by atoms with E-state index in [0.717, 1.165) is 6.42 Å². The molecule has 0 spiro atoms. The highest BCUT2D eigenvalue weighted by atomic mass is 79.9. The van der Waals surface area contributed by atoms with Gasteiger partial charge in [-0.2, -0.15) is 0 Å². The molecule has 0 aliphatic heterocycles. The molecule has 0 bridgehead atoms. The number of benzene rings is 3. The van der Waals surface area contributed by atoms with Gasteiger partial charge >= 0.3 is 0 Å². The lowest BCUT2D eigenvalue weighted by atomic mass is 9.72. The zero-order chi connectivity index (χ0) is 19.1. The van der Waals surface area contributed by atoms with Gasteiger partial charge in [-0.15, -0.1) is 0 Å². The van der Waals surface area contributed by atoms with Crippen LogP contribution in [-0.4, -0.2) is 0 Å².